The number of nitrogens with zero attached hydrogens (tertiary/aromatic N) is 2. The van der Waals surface area contributed by atoms with E-state index in [0.29, 0.717) is 18.7 Å². The summed E-state index contributed by atoms with van der Waals surface area (Å²) >= 11 is 0. The zero-order valence-corrected chi connectivity index (χ0v) is 8.56. The minimum Gasteiger partial charge on any atom is -0.342 e. The number of amides is 1. The first-order valence-electron chi connectivity index (χ1n) is 5.03. The summed E-state index contributed by atoms with van der Waals surface area (Å²) in [5, 5.41) is 0. The molecule has 5 heteroatoms. The molecule has 15 heavy (non-hydrogen) atoms. The number of H-pyrrole nitrogens is 1. The van der Waals surface area contributed by atoms with Crippen LogP contribution >= 0.6 is 0 Å². The Morgan fingerprint density at radius 2 is 2.40 bits per heavy atom. The molecule has 1 atom stereocenters. The van der Waals surface area contributed by atoms with E-state index in [-0.39, 0.29) is 17.4 Å². The Morgan fingerprint density at radius 3 is 3.00 bits per heavy atom. The van der Waals surface area contributed by atoms with Crippen LogP contribution in [0.4, 0.5) is 0 Å². The first kappa shape index (κ1) is 9.89. The van der Waals surface area contributed by atoms with Gasteiger partial charge in [-0.3, -0.25) is 9.59 Å². The van der Waals surface area contributed by atoms with Gasteiger partial charge in [-0.2, -0.15) is 0 Å². The molecule has 80 valence electrons. The Hall–Kier alpha value is -1.65. The van der Waals surface area contributed by atoms with Crippen molar-refractivity contribution in [2.24, 2.45) is 0 Å². The van der Waals surface area contributed by atoms with Crippen LogP contribution < -0.4 is 5.56 Å². The van der Waals surface area contributed by atoms with Gasteiger partial charge < -0.3 is 9.88 Å². The maximum atomic E-state index is 11.5. The number of rotatable bonds is 2. The SMILES string of the molecule is CCN1CC(c2cc(=O)[nH]cn2)CC1=O. The summed E-state index contributed by atoms with van der Waals surface area (Å²) in [5.41, 5.74) is 0.547. The van der Waals surface area contributed by atoms with E-state index in [1.165, 1.54) is 12.4 Å². The van der Waals surface area contributed by atoms with Crippen molar-refractivity contribution >= 4 is 5.91 Å². The third kappa shape index (κ3) is 1.91. The molecule has 1 aliphatic heterocycles. The molecule has 2 rings (SSSR count). The van der Waals surface area contributed by atoms with E-state index in [9.17, 15) is 9.59 Å². The Balaban J connectivity index is 2.20. The number of aromatic amines is 1. The van der Waals surface area contributed by atoms with E-state index < -0.39 is 0 Å². The van der Waals surface area contributed by atoms with Gasteiger partial charge in [-0.15, -0.1) is 0 Å². The van der Waals surface area contributed by atoms with Gasteiger partial charge in [0.15, 0.2) is 0 Å². The molecule has 0 saturated carbocycles. The first-order chi connectivity index (χ1) is 7.20. The molecule has 1 aliphatic rings. The van der Waals surface area contributed by atoms with Crippen LogP contribution in [-0.4, -0.2) is 33.9 Å². The number of carbonyl (C=O) groups is 1. The largest absolute Gasteiger partial charge is 0.342 e. The summed E-state index contributed by atoms with van der Waals surface area (Å²) in [5.74, 6) is 0.212. The monoisotopic (exact) mass is 207 g/mol. The standard InChI is InChI=1S/C10H13N3O2/c1-2-13-5-7(3-10(13)15)8-4-9(14)12-6-11-8/h4,6-7H,2-3,5H2,1H3,(H,11,12,14). The van der Waals surface area contributed by atoms with Crippen molar-refractivity contribution in [1.82, 2.24) is 14.9 Å². The third-order valence-corrected chi connectivity index (χ3v) is 2.71. The maximum absolute atomic E-state index is 11.5. The average molecular weight is 207 g/mol. The van der Waals surface area contributed by atoms with Crippen molar-refractivity contribution < 1.29 is 4.79 Å². The highest BCUT2D eigenvalue weighted by atomic mass is 16.2. The highest BCUT2D eigenvalue weighted by Crippen LogP contribution is 2.25. The summed E-state index contributed by atoms with van der Waals surface area (Å²) in [7, 11) is 0. The van der Waals surface area contributed by atoms with Gasteiger partial charge in [0.1, 0.15) is 0 Å². The van der Waals surface area contributed by atoms with E-state index in [0.717, 1.165) is 6.54 Å². The number of likely N-dealkylation sites (tertiary alicyclic amines) is 1. The van der Waals surface area contributed by atoms with Gasteiger partial charge in [-0.1, -0.05) is 0 Å². The molecule has 1 saturated heterocycles. The normalized spacial score (nSPS) is 21.0. The molecule has 2 heterocycles. The molecule has 0 radical (unpaired) electrons. The van der Waals surface area contributed by atoms with Crippen molar-refractivity contribution in [2.45, 2.75) is 19.3 Å². The predicted molar refractivity (Wildman–Crippen MR) is 54.5 cm³/mol. The van der Waals surface area contributed by atoms with Crippen LogP contribution in [0.1, 0.15) is 25.0 Å². The third-order valence-electron chi connectivity index (χ3n) is 2.71. The van der Waals surface area contributed by atoms with Crippen molar-refractivity contribution in [1.29, 1.82) is 0 Å². The fourth-order valence-electron chi connectivity index (χ4n) is 1.88. The average Bonchev–Trinajstić information content (AvgIpc) is 2.60. The van der Waals surface area contributed by atoms with Crippen LogP contribution in [0.25, 0.3) is 0 Å². The minimum atomic E-state index is -0.164. The summed E-state index contributed by atoms with van der Waals surface area (Å²) in [6.07, 6.45) is 1.85. The molecular formula is C10H13N3O2. The lowest BCUT2D eigenvalue weighted by atomic mass is 10.0. The molecule has 1 N–H and O–H groups in total. The first-order valence-corrected chi connectivity index (χ1v) is 5.03. The summed E-state index contributed by atoms with van der Waals surface area (Å²) in [4.78, 5) is 30.9. The highest BCUT2D eigenvalue weighted by molar-refractivity contribution is 5.79. The van der Waals surface area contributed by atoms with Crippen LogP contribution in [0, 0.1) is 0 Å². The van der Waals surface area contributed by atoms with Gasteiger partial charge in [-0.25, -0.2) is 4.98 Å². The Morgan fingerprint density at radius 1 is 1.60 bits per heavy atom. The molecule has 1 unspecified atom stereocenters. The van der Waals surface area contributed by atoms with E-state index >= 15 is 0 Å². The van der Waals surface area contributed by atoms with Gasteiger partial charge >= 0.3 is 0 Å². The van der Waals surface area contributed by atoms with Gasteiger partial charge in [0, 0.05) is 31.5 Å². The van der Waals surface area contributed by atoms with Crippen LogP contribution in [0.2, 0.25) is 0 Å². The molecule has 5 nitrogen and oxygen atoms in total. The van der Waals surface area contributed by atoms with Crippen molar-refractivity contribution in [3.8, 4) is 0 Å². The fraction of sp³-hybridized carbons (Fsp3) is 0.500. The predicted octanol–water partition coefficient (Wildman–Crippen LogP) is 0.106. The number of hydrogen-bond donors (Lipinski definition) is 1. The smallest absolute Gasteiger partial charge is 0.250 e. The highest BCUT2D eigenvalue weighted by Gasteiger charge is 2.30. The van der Waals surface area contributed by atoms with Crippen LogP contribution in [0.3, 0.4) is 0 Å². The van der Waals surface area contributed by atoms with E-state index in [1.807, 2.05) is 6.92 Å². The van der Waals surface area contributed by atoms with Crippen LogP contribution in [0.5, 0.6) is 0 Å². The molecule has 0 spiro atoms. The van der Waals surface area contributed by atoms with E-state index in [1.54, 1.807) is 4.90 Å². The molecule has 1 amide bonds. The zero-order valence-electron chi connectivity index (χ0n) is 8.56. The quantitative estimate of drug-likeness (QED) is 0.748. The van der Waals surface area contributed by atoms with E-state index in [4.69, 9.17) is 0 Å². The zero-order chi connectivity index (χ0) is 10.8. The number of hydrogen-bond acceptors (Lipinski definition) is 3. The second kappa shape index (κ2) is 3.84. The van der Waals surface area contributed by atoms with Crippen LogP contribution in [-0.2, 0) is 4.79 Å². The second-order valence-electron chi connectivity index (χ2n) is 3.67. The van der Waals surface area contributed by atoms with Crippen molar-refractivity contribution in [3.05, 3.63) is 28.4 Å². The summed E-state index contributed by atoms with van der Waals surface area (Å²) in [6.45, 7) is 3.34. The van der Waals surface area contributed by atoms with Crippen LogP contribution in [0.15, 0.2) is 17.2 Å². The Kier molecular flexibility index (Phi) is 2.53. The lowest BCUT2D eigenvalue weighted by Gasteiger charge is -2.12. The van der Waals surface area contributed by atoms with E-state index in [2.05, 4.69) is 9.97 Å². The molecule has 1 aromatic heterocycles. The van der Waals surface area contributed by atoms with Crippen molar-refractivity contribution in [3.63, 3.8) is 0 Å². The lowest BCUT2D eigenvalue weighted by molar-refractivity contribution is -0.127. The maximum Gasteiger partial charge on any atom is 0.250 e. The second-order valence-corrected chi connectivity index (χ2v) is 3.67. The molecular weight excluding hydrogens is 194 g/mol. The molecule has 0 aromatic carbocycles. The Bertz CT molecular complexity index is 427. The molecule has 1 aromatic rings. The lowest BCUT2D eigenvalue weighted by Crippen LogP contribution is -2.24. The molecule has 0 aliphatic carbocycles. The number of aromatic nitrogens is 2. The van der Waals surface area contributed by atoms with Gasteiger partial charge in [0.05, 0.1) is 12.0 Å². The van der Waals surface area contributed by atoms with Crippen molar-refractivity contribution in [2.75, 3.05) is 13.1 Å². The topological polar surface area (TPSA) is 66.1 Å². The Labute approximate surface area is 87.1 Å². The minimum absolute atomic E-state index is 0.0692. The fourth-order valence-corrected chi connectivity index (χ4v) is 1.88. The van der Waals surface area contributed by atoms with Gasteiger partial charge in [0.2, 0.25) is 5.91 Å². The number of nitrogens with one attached hydrogen (secondary N) is 1. The number of likely N-dealkylation sites (N-methyl/N-ethyl adjacent to an activating group) is 1. The number of carbonyl (C=O) groups excluding carboxylic acids is 1. The van der Waals surface area contributed by atoms with Gasteiger partial charge in [-0.05, 0) is 6.92 Å². The molecule has 0 bridgehead atoms. The summed E-state index contributed by atoms with van der Waals surface area (Å²) in [6, 6.07) is 1.47. The van der Waals surface area contributed by atoms with Gasteiger partial charge in [0.25, 0.3) is 5.56 Å². The molecule has 1 fully saturated rings. The summed E-state index contributed by atoms with van der Waals surface area (Å²) < 4.78 is 0.